The fourth-order valence-electron chi connectivity index (χ4n) is 3.10. The Morgan fingerprint density at radius 2 is 0.906 bits per heavy atom. The van der Waals surface area contributed by atoms with Crippen molar-refractivity contribution in [2.45, 2.75) is 24.9 Å². The highest BCUT2D eigenvalue weighted by atomic mass is 28.4. The van der Waals surface area contributed by atoms with Crippen LogP contribution in [0.4, 0.5) is 0 Å². The molecule has 1 aromatic rings. The second kappa shape index (κ2) is 14.5. The summed E-state index contributed by atoms with van der Waals surface area (Å²) in [6, 6.07) is 7.70. The van der Waals surface area contributed by atoms with Gasteiger partial charge in [-0.3, -0.25) is 9.59 Å². The van der Waals surface area contributed by atoms with Crippen molar-refractivity contribution in [2.24, 2.45) is 0 Å². The molecule has 2 amide bonds. The Bertz CT molecular complexity index is 622. The average molecular weight is 489 g/mol. The van der Waals surface area contributed by atoms with Gasteiger partial charge in [-0.25, -0.2) is 0 Å². The number of amides is 2. The van der Waals surface area contributed by atoms with Crippen LogP contribution in [0.1, 0.15) is 33.6 Å². The smallest absolute Gasteiger partial charge is 0.377 e. The summed E-state index contributed by atoms with van der Waals surface area (Å²) in [6.45, 7) is 0.919. The summed E-state index contributed by atoms with van der Waals surface area (Å²) in [5.74, 6) is -0.423. The molecule has 1 aromatic carbocycles. The number of rotatable bonds is 16. The molecule has 0 aromatic heterocycles. The lowest BCUT2D eigenvalue weighted by Crippen LogP contribution is -2.43. The van der Waals surface area contributed by atoms with Crippen LogP contribution in [0, 0.1) is 0 Å². The predicted molar refractivity (Wildman–Crippen MR) is 124 cm³/mol. The number of hydrogen-bond acceptors (Lipinski definition) is 8. The van der Waals surface area contributed by atoms with Crippen molar-refractivity contribution < 1.29 is 36.1 Å². The number of benzene rings is 1. The van der Waals surface area contributed by atoms with Crippen molar-refractivity contribution >= 4 is 29.4 Å². The molecule has 0 aliphatic carbocycles. The van der Waals surface area contributed by atoms with Gasteiger partial charge in [0, 0.05) is 79.0 Å². The van der Waals surface area contributed by atoms with Crippen LogP contribution >= 0.6 is 0 Å². The molecule has 2 N–H and O–H groups in total. The molecular weight excluding hydrogens is 452 g/mol. The summed E-state index contributed by atoms with van der Waals surface area (Å²) >= 11 is 0. The van der Waals surface area contributed by atoms with Crippen LogP contribution in [0.2, 0.25) is 12.1 Å². The lowest BCUT2D eigenvalue weighted by atomic mass is 10.1. The fraction of sp³-hybridized carbons (Fsp3) is 0.600. The maximum Gasteiger partial charge on any atom is 0.500 e. The monoisotopic (exact) mass is 488 g/mol. The molecule has 0 saturated heterocycles. The Labute approximate surface area is 192 Å². The molecule has 1 rings (SSSR count). The minimum Gasteiger partial charge on any atom is -0.377 e. The van der Waals surface area contributed by atoms with Gasteiger partial charge in [-0.15, -0.1) is 0 Å². The molecule has 12 heteroatoms. The summed E-state index contributed by atoms with van der Waals surface area (Å²) in [6.07, 6.45) is 1.32. The van der Waals surface area contributed by atoms with E-state index < -0.39 is 17.6 Å². The molecule has 0 atom stereocenters. The van der Waals surface area contributed by atoms with E-state index in [9.17, 15) is 9.59 Å². The fourth-order valence-corrected chi connectivity index (χ4v) is 6.55. The molecule has 0 spiro atoms. The van der Waals surface area contributed by atoms with Crippen LogP contribution in [0.3, 0.4) is 0 Å². The van der Waals surface area contributed by atoms with E-state index in [1.807, 2.05) is 0 Å². The number of carbonyl (C=O) groups excluding carboxylic acids is 2. The Hall–Kier alpha value is -1.65. The predicted octanol–water partition coefficient (Wildman–Crippen LogP) is 1.68. The minimum absolute atomic E-state index is 0.212. The highest BCUT2D eigenvalue weighted by molar-refractivity contribution is 6.60. The lowest BCUT2D eigenvalue weighted by molar-refractivity contribution is 0.0939. The summed E-state index contributed by atoms with van der Waals surface area (Å²) in [7, 11) is 4.08. The number of nitrogens with one attached hydrogen (secondary N) is 2. The lowest BCUT2D eigenvalue weighted by Gasteiger charge is -2.24. The molecule has 10 nitrogen and oxygen atoms in total. The summed E-state index contributed by atoms with van der Waals surface area (Å²) in [4.78, 5) is 24.6. The third-order valence-corrected chi connectivity index (χ3v) is 10.8. The van der Waals surface area contributed by atoms with E-state index in [1.165, 1.54) is 0 Å². The van der Waals surface area contributed by atoms with Gasteiger partial charge in [0.05, 0.1) is 0 Å². The van der Waals surface area contributed by atoms with E-state index in [0.717, 1.165) is 0 Å². The van der Waals surface area contributed by atoms with E-state index in [1.54, 1.807) is 66.9 Å². The van der Waals surface area contributed by atoms with E-state index in [0.29, 0.717) is 49.1 Å². The van der Waals surface area contributed by atoms with Crippen molar-refractivity contribution in [3.8, 4) is 0 Å². The highest BCUT2D eigenvalue weighted by Gasteiger charge is 2.37. The van der Waals surface area contributed by atoms with Gasteiger partial charge in [0.2, 0.25) is 0 Å². The summed E-state index contributed by atoms with van der Waals surface area (Å²) < 4.78 is 32.2. The normalized spacial score (nSPS) is 11.9. The Kier molecular flexibility index (Phi) is 12.9. The van der Waals surface area contributed by atoms with Crippen LogP contribution in [0.5, 0.6) is 0 Å². The van der Waals surface area contributed by atoms with Gasteiger partial charge in [0.15, 0.2) is 0 Å². The van der Waals surface area contributed by atoms with Gasteiger partial charge < -0.3 is 37.2 Å². The number of carbonyl (C=O) groups is 2. The molecule has 0 heterocycles. The van der Waals surface area contributed by atoms with Crippen LogP contribution < -0.4 is 10.6 Å². The average Bonchev–Trinajstić information content (AvgIpc) is 2.85. The van der Waals surface area contributed by atoms with Crippen molar-refractivity contribution in [2.75, 3.05) is 55.7 Å². The van der Waals surface area contributed by atoms with Gasteiger partial charge in [-0.2, -0.15) is 0 Å². The third kappa shape index (κ3) is 8.37. The maximum atomic E-state index is 12.3. The molecule has 0 bridgehead atoms. The Balaban J connectivity index is 2.44. The van der Waals surface area contributed by atoms with E-state index >= 15 is 0 Å². The van der Waals surface area contributed by atoms with Gasteiger partial charge in [-0.05, 0) is 37.1 Å². The van der Waals surface area contributed by atoms with Crippen molar-refractivity contribution in [3.63, 3.8) is 0 Å². The SMILES string of the molecule is CO[Si](CCCNC(=O)c1ccc(C(=O)NCCC[Si](OC)(OC)OC)cc1)(OC)OC. The Morgan fingerprint density at radius 3 is 1.16 bits per heavy atom. The van der Waals surface area contributed by atoms with Crippen LogP contribution in [-0.2, 0) is 26.6 Å². The largest absolute Gasteiger partial charge is 0.500 e. The van der Waals surface area contributed by atoms with Gasteiger partial charge in [0.25, 0.3) is 11.8 Å². The highest BCUT2D eigenvalue weighted by Crippen LogP contribution is 2.15. The molecule has 0 aliphatic heterocycles. The molecule has 0 aliphatic rings. The van der Waals surface area contributed by atoms with E-state index in [4.69, 9.17) is 26.6 Å². The molecule has 0 fully saturated rings. The van der Waals surface area contributed by atoms with Gasteiger partial charge >= 0.3 is 17.6 Å². The zero-order valence-corrected chi connectivity index (χ0v) is 21.8. The molecule has 32 heavy (non-hydrogen) atoms. The molecular formula is C20H36N2O8Si2. The van der Waals surface area contributed by atoms with Crippen LogP contribution in [0.15, 0.2) is 24.3 Å². The first-order valence-corrected chi connectivity index (χ1v) is 14.2. The van der Waals surface area contributed by atoms with E-state index in [-0.39, 0.29) is 11.8 Å². The minimum atomic E-state index is -2.63. The van der Waals surface area contributed by atoms with E-state index in [2.05, 4.69) is 10.6 Å². The quantitative estimate of drug-likeness (QED) is 0.267. The third-order valence-electron chi connectivity index (χ3n) is 5.17. The zero-order valence-electron chi connectivity index (χ0n) is 19.8. The Morgan fingerprint density at radius 1 is 0.625 bits per heavy atom. The topological polar surface area (TPSA) is 114 Å². The van der Waals surface area contributed by atoms with Gasteiger partial charge in [-0.1, -0.05) is 0 Å². The summed E-state index contributed by atoms with van der Waals surface area (Å²) in [5.41, 5.74) is 0.956. The van der Waals surface area contributed by atoms with Crippen molar-refractivity contribution in [3.05, 3.63) is 35.4 Å². The first-order valence-electron chi connectivity index (χ1n) is 10.3. The summed E-state index contributed by atoms with van der Waals surface area (Å²) in [5, 5.41) is 5.70. The van der Waals surface area contributed by atoms with Crippen molar-refractivity contribution in [1.29, 1.82) is 0 Å². The molecule has 0 radical (unpaired) electrons. The molecule has 0 unspecified atom stereocenters. The van der Waals surface area contributed by atoms with Crippen molar-refractivity contribution in [1.82, 2.24) is 10.6 Å². The molecule has 0 saturated carbocycles. The standard InChI is InChI=1S/C20H36N2O8Si2/c1-25-31(26-2,27-3)15-7-13-21-19(23)17-9-11-18(12-10-17)20(24)22-14-8-16-32(28-4,29-5)30-6/h9-12H,7-8,13-16H2,1-6H3,(H,21,23)(H,22,24). The number of hydrogen-bond donors (Lipinski definition) is 2. The van der Waals surface area contributed by atoms with Crippen LogP contribution in [-0.4, -0.2) is 85.2 Å². The second-order valence-corrected chi connectivity index (χ2v) is 13.1. The van der Waals surface area contributed by atoms with Crippen LogP contribution in [0.25, 0.3) is 0 Å². The zero-order chi connectivity index (χ0) is 24.0. The second-order valence-electron chi connectivity index (χ2n) is 6.89. The molecule has 182 valence electrons. The first kappa shape index (κ1) is 28.4. The van der Waals surface area contributed by atoms with Gasteiger partial charge in [0.1, 0.15) is 0 Å². The first-order chi connectivity index (χ1) is 15.3. The maximum absolute atomic E-state index is 12.3.